The minimum absolute atomic E-state index is 0.0627. The number of carbonyl (C=O) groups is 1. The predicted molar refractivity (Wildman–Crippen MR) is 101 cm³/mol. The lowest BCUT2D eigenvalue weighted by molar-refractivity contribution is -0.121. The van der Waals surface area contributed by atoms with E-state index < -0.39 is 0 Å². The van der Waals surface area contributed by atoms with Crippen molar-refractivity contribution < 1.29 is 4.79 Å². The van der Waals surface area contributed by atoms with E-state index in [4.69, 9.17) is 0 Å². The zero-order valence-electron chi connectivity index (χ0n) is 15.3. The number of H-pyrrole nitrogens is 1. The summed E-state index contributed by atoms with van der Waals surface area (Å²) in [7, 11) is 0. The summed E-state index contributed by atoms with van der Waals surface area (Å²) in [6.07, 6.45) is 9.86. The first-order valence-electron chi connectivity index (χ1n) is 9.44. The van der Waals surface area contributed by atoms with Gasteiger partial charge in [0.1, 0.15) is 5.69 Å². The third-order valence-electron chi connectivity index (χ3n) is 4.94. The third-order valence-corrected chi connectivity index (χ3v) is 4.94. The lowest BCUT2D eigenvalue weighted by Gasteiger charge is -2.21. The van der Waals surface area contributed by atoms with E-state index in [-0.39, 0.29) is 23.9 Å². The Kier molecular flexibility index (Phi) is 6.15. The second kappa shape index (κ2) is 8.74. The molecule has 1 saturated carbocycles. The van der Waals surface area contributed by atoms with E-state index in [1.165, 1.54) is 19.3 Å². The summed E-state index contributed by atoms with van der Waals surface area (Å²) in [5, 5.41) is 3.10. The zero-order chi connectivity index (χ0) is 18.4. The molecule has 2 heterocycles. The Balaban J connectivity index is 1.69. The number of rotatable bonds is 4. The first-order valence-corrected chi connectivity index (χ1v) is 9.44. The number of aromatic nitrogens is 3. The van der Waals surface area contributed by atoms with Crippen LogP contribution in [0.1, 0.15) is 56.2 Å². The van der Waals surface area contributed by atoms with Crippen LogP contribution >= 0.6 is 0 Å². The molecule has 3 rings (SSSR count). The fourth-order valence-electron chi connectivity index (χ4n) is 3.48. The fraction of sp³-hybridized carbons (Fsp3) is 0.500. The van der Waals surface area contributed by atoms with Crippen LogP contribution < -0.4 is 10.9 Å². The van der Waals surface area contributed by atoms with Gasteiger partial charge in [0, 0.05) is 23.5 Å². The molecule has 2 N–H and O–H groups in total. The van der Waals surface area contributed by atoms with Crippen LogP contribution in [0.5, 0.6) is 0 Å². The predicted octanol–water partition coefficient (Wildman–Crippen LogP) is 2.91. The molecule has 0 bridgehead atoms. The summed E-state index contributed by atoms with van der Waals surface area (Å²) >= 11 is 0. The smallest absolute Gasteiger partial charge is 0.255 e. The highest BCUT2D eigenvalue weighted by atomic mass is 16.2. The molecule has 6 nitrogen and oxygen atoms in total. The number of nitrogens with zero attached hydrogens (tertiary/aromatic N) is 2. The van der Waals surface area contributed by atoms with E-state index in [0.717, 1.165) is 25.7 Å². The summed E-state index contributed by atoms with van der Waals surface area (Å²) in [4.78, 5) is 36.3. The quantitative estimate of drug-likeness (QED) is 0.884. The van der Waals surface area contributed by atoms with Gasteiger partial charge in [-0.05, 0) is 31.9 Å². The van der Waals surface area contributed by atoms with Crippen molar-refractivity contribution in [2.24, 2.45) is 0 Å². The molecule has 1 aliphatic rings. The van der Waals surface area contributed by atoms with Gasteiger partial charge >= 0.3 is 0 Å². The van der Waals surface area contributed by atoms with E-state index in [0.29, 0.717) is 22.8 Å². The SMILES string of the molecule is Cc1nc(-c2ccccn2)[nH]c(=O)c1CC(=O)NC1CCCCCCC1. The molecule has 0 spiro atoms. The Morgan fingerprint density at radius 2 is 1.92 bits per heavy atom. The van der Waals surface area contributed by atoms with Gasteiger partial charge in [-0.25, -0.2) is 4.98 Å². The Hall–Kier alpha value is -2.50. The van der Waals surface area contributed by atoms with Crippen molar-refractivity contribution in [2.45, 2.75) is 64.3 Å². The first-order chi connectivity index (χ1) is 12.6. The van der Waals surface area contributed by atoms with Crippen LogP contribution in [0.2, 0.25) is 0 Å². The minimum Gasteiger partial charge on any atom is -0.353 e. The highest BCUT2D eigenvalue weighted by Crippen LogP contribution is 2.17. The molecular weight excluding hydrogens is 328 g/mol. The molecular formula is C20H26N4O2. The number of carbonyl (C=O) groups excluding carboxylic acids is 1. The molecule has 1 amide bonds. The van der Waals surface area contributed by atoms with E-state index in [2.05, 4.69) is 20.3 Å². The number of pyridine rings is 1. The van der Waals surface area contributed by atoms with Crippen LogP contribution in [0.25, 0.3) is 11.5 Å². The average molecular weight is 354 g/mol. The molecule has 0 aromatic carbocycles. The van der Waals surface area contributed by atoms with Crippen molar-refractivity contribution in [1.29, 1.82) is 0 Å². The molecule has 0 saturated heterocycles. The molecule has 2 aromatic heterocycles. The molecule has 1 aliphatic carbocycles. The summed E-state index contributed by atoms with van der Waals surface area (Å²) in [6, 6.07) is 5.66. The van der Waals surface area contributed by atoms with Crippen LogP contribution in [0.15, 0.2) is 29.2 Å². The monoisotopic (exact) mass is 354 g/mol. The molecule has 0 aliphatic heterocycles. The third kappa shape index (κ3) is 4.77. The van der Waals surface area contributed by atoms with E-state index in [9.17, 15) is 9.59 Å². The van der Waals surface area contributed by atoms with Gasteiger partial charge in [0.2, 0.25) is 5.91 Å². The molecule has 26 heavy (non-hydrogen) atoms. The van der Waals surface area contributed by atoms with Gasteiger partial charge in [-0.15, -0.1) is 0 Å². The second-order valence-corrected chi connectivity index (χ2v) is 6.98. The van der Waals surface area contributed by atoms with Crippen LogP contribution in [0.3, 0.4) is 0 Å². The Morgan fingerprint density at radius 3 is 2.58 bits per heavy atom. The molecule has 1 fully saturated rings. The standard InChI is InChI=1S/C20H26N4O2/c1-14-16(13-18(25)23-15-9-5-3-2-4-6-10-15)20(26)24-19(22-14)17-11-7-8-12-21-17/h7-8,11-12,15H,2-6,9-10,13H2,1H3,(H,23,25)(H,22,24,26). The Labute approximate surface area is 153 Å². The van der Waals surface area contributed by atoms with Gasteiger partial charge in [0.25, 0.3) is 5.56 Å². The van der Waals surface area contributed by atoms with E-state index in [1.54, 1.807) is 19.2 Å². The maximum absolute atomic E-state index is 12.5. The lowest BCUT2D eigenvalue weighted by atomic mass is 9.96. The van der Waals surface area contributed by atoms with Gasteiger partial charge in [-0.2, -0.15) is 0 Å². The first kappa shape index (κ1) is 18.3. The maximum atomic E-state index is 12.5. The molecule has 138 valence electrons. The van der Waals surface area contributed by atoms with Crippen molar-refractivity contribution in [3.05, 3.63) is 46.0 Å². The number of hydrogen-bond acceptors (Lipinski definition) is 4. The van der Waals surface area contributed by atoms with Crippen molar-refractivity contribution in [2.75, 3.05) is 0 Å². The number of nitrogens with one attached hydrogen (secondary N) is 2. The maximum Gasteiger partial charge on any atom is 0.255 e. The van der Waals surface area contributed by atoms with E-state index >= 15 is 0 Å². The van der Waals surface area contributed by atoms with Crippen LogP contribution in [-0.4, -0.2) is 26.9 Å². The van der Waals surface area contributed by atoms with Gasteiger partial charge < -0.3 is 10.3 Å². The second-order valence-electron chi connectivity index (χ2n) is 6.98. The summed E-state index contributed by atoms with van der Waals surface area (Å²) in [6.45, 7) is 1.76. The summed E-state index contributed by atoms with van der Waals surface area (Å²) in [5.41, 5.74) is 1.33. The van der Waals surface area contributed by atoms with Crippen molar-refractivity contribution in [1.82, 2.24) is 20.3 Å². The average Bonchev–Trinajstić information content (AvgIpc) is 2.61. The minimum atomic E-state index is -0.272. The Morgan fingerprint density at radius 1 is 1.19 bits per heavy atom. The van der Waals surface area contributed by atoms with Gasteiger partial charge in [-0.1, -0.05) is 38.2 Å². The summed E-state index contributed by atoms with van der Waals surface area (Å²) in [5.74, 6) is 0.328. The number of hydrogen-bond donors (Lipinski definition) is 2. The zero-order valence-corrected chi connectivity index (χ0v) is 15.3. The van der Waals surface area contributed by atoms with Crippen molar-refractivity contribution in [3.63, 3.8) is 0 Å². The Bertz CT molecular complexity index is 793. The molecule has 6 heteroatoms. The summed E-state index contributed by atoms with van der Waals surface area (Å²) < 4.78 is 0. The number of amides is 1. The van der Waals surface area contributed by atoms with E-state index in [1.807, 2.05) is 12.1 Å². The molecule has 0 radical (unpaired) electrons. The van der Waals surface area contributed by atoms with Gasteiger partial charge in [0.05, 0.1) is 6.42 Å². The molecule has 0 unspecified atom stereocenters. The largest absolute Gasteiger partial charge is 0.353 e. The normalized spacial score (nSPS) is 15.9. The van der Waals surface area contributed by atoms with Crippen LogP contribution in [0, 0.1) is 6.92 Å². The fourth-order valence-corrected chi connectivity index (χ4v) is 3.48. The van der Waals surface area contributed by atoms with Crippen molar-refractivity contribution in [3.8, 4) is 11.5 Å². The van der Waals surface area contributed by atoms with Crippen molar-refractivity contribution >= 4 is 5.91 Å². The molecule has 0 atom stereocenters. The highest BCUT2D eigenvalue weighted by Gasteiger charge is 2.17. The van der Waals surface area contributed by atoms with Gasteiger partial charge in [0.15, 0.2) is 5.82 Å². The lowest BCUT2D eigenvalue weighted by Crippen LogP contribution is -2.37. The molecule has 2 aromatic rings. The number of aryl methyl sites for hydroxylation is 1. The topological polar surface area (TPSA) is 87.7 Å². The highest BCUT2D eigenvalue weighted by molar-refractivity contribution is 5.79. The van der Waals surface area contributed by atoms with Crippen LogP contribution in [-0.2, 0) is 11.2 Å². The number of aromatic amines is 1. The van der Waals surface area contributed by atoms with Gasteiger partial charge in [-0.3, -0.25) is 14.6 Å². The van der Waals surface area contributed by atoms with Crippen LogP contribution in [0.4, 0.5) is 0 Å².